The second-order valence-electron chi connectivity index (χ2n) is 7.59. The molecule has 152 valence electrons. The largest absolute Gasteiger partial charge is 0.400 e. The molecule has 0 aliphatic carbocycles. The molecule has 2 saturated heterocycles. The Morgan fingerprint density at radius 3 is 2.79 bits per heavy atom. The Kier molecular flexibility index (Phi) is 4.87. The number of primary amides is 1. The number of nitrogens with zero attached hydrogens (tertiary/aromatic N) is 2. The first-order valence-corrected chi connectivity index (χ1v) is 9.76. The maximum atomic E-state index is 12.5. The first-order chi connectivity index (χ1) is 14.1. The molecule has 4 heterocycles. The van der Waals surface area contributed by atoms with E-state index in [-0.39, 0.29) is 11.3 Å². The quantitative estimate of drug-likeness (QED) is 0.524. The van der Waals surface area contributed by atoms with Crippen LogP contribution >= 0.6 is 0 Å². The number of aromatic nitrogens is 2. The number of hydrogen-bond acceptors (Lipinski definition) is 5. The molecule has 8 nitrogen and oxygen atoms in total. The van der Waals surface area contributed by atoms with Crippen LogP contribution in [0.5, 0.6) is 0 Å². The number of pyridine rings is 1. The van der Waals surface area contributed by atoms with Gasteiger partial charge in [-0.25, -0.2) is 4.98 Å². The lowest BCUT2D eigenvalue weighted by Gasteiger charge is -2.39. The van der Waals surface area contributed by atoms with E-state index in [4.69, 9.17) is 10.8 Å². The minimum Gasteiger partial charge on any atom is -0.400 e. The lowest BCUT2D eigenvalue weighted by atomic mass is 9.78. The number of fused-ring (bicyclic) bond motifs is 3. The number of anilines is 1. The van der Waals surface area contributed by atoms with Gasteiger partial charge in [0.15, 0.2) is 0 Å². The molecule has 2 aliphatic rings. The molecule has 2 fully saturated rings. The minimum absolute atomic E-state index is 0.149. The first kappa shape index (κ1) is 19.2. The standard InChI is InChI=1S/C20H21N5O2.CH4O/c21-17(26)13-10-23-18(15-12-4-1-2-5-14(12)24-16(13)15)25-9-3-6-20(11-25)7-8-22-19(20)27;1-2/h1-2,4-5,10,24H,3,6-9,11H2,(H2,21,26)(H,22,27);2H,1H3/t20-;/m0./s1. The molecule has 0 bridgehead atoms. The van der Waals surface area contributed by atoms with E-state index < -0.39 is 5.91 Å². The molecule has 1 atom stereocenters. The van der Waals surface area contributed by atoms with Crippen molar-refractivity contribution in [1.29, 1.82) is 0 Å². The number of nitrogens with two attached hydrogens (primary N) is 1. The monoisotopic (exact) mass is 395 g/mol. The Bertz CT molecular complexity index is 1090. The van der Waals surface area contributed by atoms with Gasteiger partial charge in [-0.3, -0.25) is 9.59 Å². The average Bonchev–Trinajstić information content (AvgIpc) is 3.29. The van der Waals surface area contributed by atoms with E-state index in [1.165, 1.54) is 0 Å². The van der Waals surface area contributed by atoms with E-state index in [1.807, 2.05) is 24.3 Å². The number of para-hydroxylation sites is 1. The van der Waals surface area contributed by atoms with Crippen LogP contribution in [0.1, 0.15) is 29.6 Å². The van der Waals surface area contributed by atoms with Crippen molar-refractivity contribution in [2.75, 3.05) is 31.6 Å². The molecular formula is C21H25N5O3. The summed E-state index contributed by atoms with van der Waals surface area (Å²) in [6.45, 7) is 2.23. The van der Waals surface area contributed by atoms with Crippen molar-refractivity contribution >= 4 is 39.4 Å². The van der Waals surface area contributed by atoms with Gasteiger partial charge >= 0.3 is 0 Å². The topological polar surface area (TPSA) is 124 Å². The van der Waals surface area contributed by atoms with Crippen LogP contribution in [0.2, 0.25) is 0 Å². The van der Waals surface area contributed by atoms with Crippen molar-refractivity contribution in [3.05, 3.63) is 36.0 Å². The number of aliphatic hydroxyl groups excluding tert-OH is 1. The number of carbonyl (C=O) groups excluding carboxylic acids is 2. The summed E-state index contributed by atoms with van der Waals surface area (Å²) in [5.41, 5.74) is 7.28. The van der Waals surface area contributed by atoms with E-state index in [0.29, 0.717) is 17.6 Å². The number of nitrogens with one attached hydrogen (secondary N) is 2. The summed E-state index contributed by atoms with van der Waals surface area (Å²) in [7, 11) is 1.00. The lowest BCUT2D eigenvalue weighted by Crippen LogP contribution is -2.47. The highest BCUT2D eigenvalue weighted by molar-refractivity contribution is 6.18. The van der Waals surface area contributed by atoms with E-state index in [9.17, 15) is 9.59 Å². The van der Waals surface area contributed by atoms with Crippen LogP contribution in [0.25, 0.3) is 21.8 Å². The van der Waals surface area contributed by atoms with E-state index in [1.54, 1.807) is 6.20 Å². The molecule has 8 heteroatoms. The fourth-order valence-electron chi connectivity index (χ4n) is 4.68. The van der Waals surface area contributed by atoms with Crippen molar-refractivity contribution in [1.82, 2.24) is 15.3 Å². The molecular weight excluding hydrogens is 370 g/mol. The first-order valence-electron chi connectivity index (χ1n) is 9.76. The zero-order valence-electron chi connectivity index (χ0n) is 16.4. The van der Waals surface area contributed by atoms with Crippen LogP contribution in [-0.2, 0) is 4.79 Å². The van der Waals surface area contributed by atoms with Crippen molar-refractivity contribution in [2.24, 2.45) is 11.1 Å². The number of rotatable bonds is 2. The summed E-state index contributed by atoms with van der Waals surface area (Å²) in [4.78, 5) is 34.5. The second-order valence-corrected chi connectivity index (χ2v) is 7.59. The van der Waals surface area contributed by atoms with E-state index >= 15 is 0 Å². The molecule has 0 radical (unpaired) electrons. The Morgan fingerprint density at radius 2 is 2.07 bits per heavy atom. The highest BCUT2D eigenvalue weighted by Crippen LogP contribution is 2.41. The Hall–Kier alpha value is -3.13. The van der Waals surface area contributed by atoms with Gasteiger partial charge in [0.1, 0.15) is 5.82 Å². The number of aliphatic hydroxyl groups is 1. The van der Waals surface area contributed by atoms with Crippen LogP contribution < -0.4 is 16.0 Å². The van der Waals surface area contributed by atoms with Crippen molar-refractivity contribution in [3.63, 3.8) is 0 Å². The number of piperidine rings is 1. The summed E-state index contributed by atoms with van der Waals surface area (Å²) in [6, 6.07) is 7.92. The van der Waals surface area contributed by atoms with Gasteiger partial charge in [-0.05, 0) is 25.3 Å². The molecule has 0 unspecified atom stereocenters. The van der Waals surface area contributed by atoms with Crippen LogP contribution in [0.3, 0.4) is 0 Å². The summed E-state index contributed by atoms with van der Waals surface area (Å²) in [6.07, 6.45) is 4.26. The smallest absolute Gasteiger partial charge is 0.252 e. The zero-order chi connectivity index (χ0) is 20.6. The van der Waals surface area contributed by atoms with Gasteiger partial charge in [-0.2, -0.15) is 0 Å². The Labute approximate surface area is 168 Å². The number of aromatic amines is 1. The van der Waals surface area contributed by atoms with Gasteiger partial charge in [0, 0.05) is 43.8 Å². The van der Waals surface area contributed by atoms with Gasteiger partial charge in [0.05, 0.1) is 21.9 Å². The SMILES string of the molecule is CO.NC(=O)c1cnc(N2CCC[C@]3(CCNC3=O)C2)c2c1[nH]c1ccccc12. The van der Waals surface area contributed by atoms with Crippen molar-refractivity contribution < 1.29 is 14.7 Å². The molecule has 29 heavy (non-hydrogen) atoms. The Balaban J connectivity index is 0.000000994. The predicted octanol–water partition coefficient (Wildman–Crippen LogP) is 1.53. The highest BCUT2D eigenvalue weighted by Gasteiger charge is 2.45. The summed E-state index contributed by atoms with van der Waals surface area (Å²) in [5, 5.41) is 11.9. The fraction of sp³-hybridized carbons (Fsp3) is 0.381. The van der Waals surface area contributed by atoms with Gasteiger partial charge < -0.3 is 26.0 Å². The third-order valence-corrected chi connectivity index (χ3v) is 6.03. The Morgan fingerprint density at radius 1 is 1.28 bits per heavy atom. The van der Waals surface area contributed by atoms with Crippen molar-refractivity contribution in [3.8, 4) is 0 Å². The van der Waals surface area contributed by atoms with Gasteiger partial charge in [-0.1, -0.05) is 18.2 Å². The number of amides is 2. The van der Waals surface area contributed by atoms with Gasteiger partial charge in [0.25, 0.3) is 5.91 Å². The van der Waals surface area contributed by atoms with E-state index in [2.05, 4.69) is 20.2 Å². The van der Waals surface area contributed by atoms with Crippen molar-refractivity contribution in [2.45, 2.75) is 19.3 Å². The van der Waals surface area contributed by atoms with Gasteiger partial charge in [-0.15, -0.1) is 0 Å². The fourth-order valence-corrected chi connectivity index (χ4v) is 4.68. The predicted molar refractivity (Wildman–Crippen MR) is 112 cm³/mol. The number of benzene rings is 1. The normalized spacial score (nSPS) is 21.3. The second kappa shape index (κ2) is 7.36. The maximum absolute atomic E-state index is 12.5. The molecule has 2 amide bonds. The number of carbonyl (C=O) groups is 2. The molecule has 1 aromatic carbocycles. The summed E-state index contributed by atoms with van der Waals surface area (Å²) < 4.78 is 0. The van der Waals surface area contributed by atoms with Crippen LogP contribution in [0.15, 0.2) is 30.5 Å². The third-order valence-electron chi connectivity index (χ3n) is 6.03. The van der Waals surface area contributed by atoms with Crippen LogP contribution in [0, 0.1) is 5.41 Å². The molecule has 0 saturated carbocycles. The zero-order valence-corrected chi connectivity index (χ0v) is 16.4. The number of H-pyrrole nitrogens is 1. The molecule has 2 aromatic heterocycles. The lowest BCUT2D eigenvalue weighted by molar-refractivity contribution is -0.128. The average molecular weight is 395 g/mol. The van der Waals surface area contributed by atoms with Gasteiger partial charge in [0.2, 0.25) is 5.91 Å². The maximum Gasteiger partial charge on any atom is 0.252 e. The highest BCUT2D eigenvalue weighted by atomic mass is 16.2. The minimum atomic E-state index is -0.504. The third kappa shape index (κ3) is 3.00. The van der Waals surface area contributed by atoms with E-state index in [0.717, 1.165) is 61.6 Å². The van der Waals surface area contributed by atoms with Crippen LogP contribution in [0.4, 0.5) is 5.82 Å². The molecule has 1 spiro atoms. The summed E-state index contributed by atoms with van der Waals surface area (Å²) in [5.74, 6) is 0.457. The summed E-state index contributed by atoms with van der Waals surface area (Å²) >= 11 is 0. The van der Waals surface area contributed by atoms with Crippen LogP contribution in [-0.4, -0.2) is 53.6 Å². The molecule has 5 rings (SSSR count). The molecule has 3 aromatic rings. The molecule has 5 N–H and O–H groups in total. The number of hydrogen-bond donors (Lipinski definition) is 4. The molecule has 2 aliphatic heterocycles.